The Kier molecular flexibility index (Phi) is 10.5. The van der Waals surface area contributed by atoms with Crippen molar-refractivity contribution in [1.82, 2.24) is 14.4 Å². The van der Waals surface area contributed by atoms with Crippen molar-refractivity contribution in [3.05, 3.63) is 89.7 Å². The van der Waals surface area contributed by atoms with Gasteiger partial charge in [0.25, 0.3) is 0 Å². The molecule has 7 nitrogen and oxygen atoms in total. The van der Waals surface area contributed by atoms with Crippen molar-refractivity contribution < 1.29 is 19.1 Å². The zero-order valence-corrected chi connectivity index (χ0v) is 23.4. The number of methoxy groups -OCH3 is 2. The molecule has 2 amide bonds. The van der Waals surface area contributed by atoms with Gasteiger partial charge in [0.2, 0.25) is 11.8 Å². The van der Waals surface area contributed by atoms with E-state index < -0.39 is 5.41 Å². The van der Waals surface area contributed by atoms with Gasteiger partial charge in [0.15, 0.2) is 0 Å². The Balaban J connectivity index is 1.83. The number of hydrogen-bond donors (Lipinski definition) is 0. The summed E-state index contributed by atoms with van der Waals surface area (Å²) in [6, 6.07) is 22.0. The molecule has 1 heterocycles. The van der Waals surface area contributed by atoms with E-state index in [0.29, 0.717) is 39.2 Å². The Morgan fingerprint density at radius 2 is 1.61 bits per heavy atom. The first-order valence-electron chi connectivity index (χ1n) is 13.1. The maximum Gasteiger partial charge on any atom is 0.242 e. The molecule has 7 heteroatoms. The molecule has 204 valence electrons. The van der Waals surface area contributed by atoms with Crippen LogP contribution in [0.25, 0.3) is 0 Å². The summed E-state index contributed by atoms with van der Waals surface area (Å²) >= 11 is 0. The van der Waals surface area contributed by atoms with Gasteiger partial charge < -0.3 is 23.8 Å². The number of carbonyl (C=O) groups is 2. The SMILES string of the molecule is COCCCN(CC(=O)N(Cc1ccccc1)Cc1cccn1Cc1cccc(OC)c1)C(=O)C(C)(C)C. The zero-order valence-electron chi connectivity index (χ0n) is 23.4. The van der Waals surface area contributed by atoms with Crippen LogP contribution in [0.5, 0.6) is 5.75 Å². The number of carbonyl (C=O) groups excluding carboxylic acids is 2. The van der Waals surface area contributed by atoms with Crippen LogP contribution in [0.4, 0.5) is 0 Å². The standard InChI is InChI=1S/C31H41N3O4/c1-31(2,3)30(36)33(18-11-19-37-4)24-29(35)34(21-25-12-7-6-8-13-25)23-27-15-10-17-32(27)22-26-14-9-16-28(20-26)38-5/h6-10,12-17,20H,11,18-19,21-24H2,1-5H3. The second-order valence-electron chi connectivity index (χ2n) is 10.5. The average molecular weight is 520 g/mol. The smallest absolute Gasteiger partial charge is 0.242 e. The van der Waals surface area contributed by atoms with Crippen molar-refractivity contribution in [2.75, 3.05) is 33.9 Å². The summed E-state index contributed by atoms with van der Waals surface area (Å²) in [5.41, 5.74) is 2.59. The van der Waals surface area contributed by atoms with Crippen LogP contribution in [-0.2, 0) is 34.0 Å². The third-order valence-electron chi connectivity index (χ3n) is 6.36. The molecule has 0 aliphatic heterocycles. The number of benzene rings is 2. The molecule has 1 aromatic heterocycles. The number of aromatic nitrogens is 1. The fourth-order valence-corrected chi connectivity index (χ4v) is 4.34. The van der Waals surface area contributed by atoms with E-state index in [-0.39, 0.29) is 18.4 Å². The van der Waals surface area contributed by atoms with Gasteiger partial charge >= 0.3 is 0 Å². The van der Waals surface area contributed by atoms with Gasteiger partial charge in [0.05, 0.1) is 20.2 Å². The first-order chi connectivity index (χ1) is 18.2. The highest BCUT2D eigenvalue weighted by atomic mass is 16.5. The van der Waals surface area contributed by atoms with E-state index in [1.807, 2.05) is 92.5 Å². The van der Waals surface area contributed by atoms with E-state index in [1.165, 1.54) is 0 Å². The fourth-order valence-electron chi connectivity index (χ4n) is 4.34. The van der Waals surface area contributed by atoms with Gasteiger partial charge in [-0.1, -0.05) is 63.2 Å². The predicted octanol–water partition coefficient (Wildman–Crippen LogP) is 4.99. The first-order valence-corrected chi connectivity index (χ1v) is 13.1. The quantitative estimate of drug-likeness (QED) is 0.299. The summed E-state index contributed by atoms with van der Waals surface area (Å²) in [7, 11) is 3.31. The van der Waals surface area contributed by atoms with Crippen molar-refractivity contribution >= 4 is 11.8 Å². The Bertz CT molecular complexity index is 1170. The van der Waals surface area contributed by atoms with Gasteiger partial charge in [0, 0.05) is 50.7 Å². The van der Waals surface area contributed by atoms with Crippen LogP contribution in [-0.4, -0.2) is 60.1 Å². The van der Waals surface area contributed by atoms with E-state index in [2.05, 4.69) is 10.6 Å². The molecule has 0 aliphatic rings. The van der Waals surface area contributed by atoms with Crippen LogP contribution < -0.4 is 4.74 Å². The average Bonchev–Trinajstić information content (AvgIpc) is 3.33. The minimum Gasteiger partial charge on any atom is -0.497 e. The lowest BCUT2D eigenvalue weighted by Gasteiger charge is -2.32. The van der Waals surface area contributed by atoms with Crippen molar-refractivity contribution in [1.29, 1.82) is 0 Å². The monoisotopic (exact) mass is 519 g/mol. The van der Waals surface area contributed by atoms with E-state index in [9.17, 15) is 9.59 Å². The minimum atomic E-state index is -0.580. The molecule has 0 atom stereocenters. The predicted molar refractivity (Wildman–Crippen MR) is 150 cm³/mol. The van der Waals surface area contributed by atoms with Crippen molar-refractivity contribution in [2.45, 2.75) is 46.8 Å². The number of nitrogens with zero attached hydrogens (tertiary/aromatic N) is 3. The molecule has 2 aromatic carbocycles. The molecule has 0 radical (unpaired) electrons. The second kappa shape index (κ2) is 13.8. The largest absolute Gasteiger partial charge is 0.497 e. The summed E-state index contributed by atoms with van der Waals surface area (Å²) in [5.74, 6) is 0.690. The molecule has 0 bridgehead atoms. The van der Waals surface area contributed by atoms with Crippen LogP contribution >= 0.6 is 0 Å². The summed E-state index contributed by atoms with van der Waals surface area (Å²) in [6.45, 7) is 8.25. The molecular weight excluding hydrogens is 478 g/mol. The molecular formula is C31H41N3O4. The molecule has 0 aliphatic carbocycles. The number of rotatable bonds is 13. The van der Waals surface area contributed by atoms with Crippen molar-refractivity contribution in [2.24, 2.45) is 5.41 Å². The van der Waals surface area contributed by atoms with Gasteiger partial charge in [0.1, 0.15) is 5.75 Å². The Hall–Kier alpha value is -3.58. The highest BCUT2D eigenvalue weighted by Crippen LogP contribution is 2.20. The molecule has 0 fully saturated rings. The molecule has 0 saturated carbocycles. The van der Waals surface area contributed by atoms with Crippen molar-refractivity contribution in [3.8, 4) is 5.75 Å². The Labute approximate surface area is 227 Å². The topological polar surface area (TPSA) is 64.0 Å². The number of amides is 2. The maximum atomic E-state index is 13.8. The molecule has 38 heavy (non-hydrogen) atoms. The normalized spacial score (nSPS) is 11.3. The lowest BCUT2D eigenvalue weighted by molar-refractivity contribution is -0.146. The maximum absolute atomic E-state index is 13.8. The zero-order chi connectivity index (χ0) is 27.5. The summed E-state index contributed by atoms with van der Waals surface area (Å²) < 4.78 is 12.7. The lowest BCUT2D eigenvalue weighted by Crippen LogP contribution is -2.47. The second-order valence-corrected chi connectivity index (χ2v) is 10.5. The Morgan fingerprint density at radius 3 is 2.29 bits per heavy atom. The number of ether oxygens (including phenoxy) is 2. The van der Waals surface area contributed by atoms with Gasteiger partial charge in [-0.3, -0.25) is 9.59 Å². The highest BCUT2D eigenvalue weighted by molar-refractivity contribution is 5.87. The van der Waals surface area contributed by atoms with Crippen molar-refractivity contribution in [3.63, 3.8) is 0 Å². The van der Waals surface area contributed by atoms with Gasteiger partial charge in [-0.15, -0.1) is 0 Å². The van der Waals surface area contributed by atoms with Crippen LogP contribution in [0.3, 0.4) is 0 Å². The number of hydrogen-bond acceptors (Lipinski definition) is 4. The Morgan fingerprint density at radius 1 is 0.868 bits per heavy atom. The third kappa shape index (κ3) is 8.48. The van der Waals surface area contributed by atoms with Gasteiger partial charge in [-0.2, -0.15) is 0 Å². The summed E-state index contributed by atoms with van der Waals surface area (Å²) in [5, 5.41) is 0. The van der Waals surface area contributed by atoms with E-state index in [4.69, 9.17) is 9.47 Å². The summed E-state index contributed by atoms with van der Waals surface area (Å²) in [6.07, 6.45) is 2.70. The molecule has 3 rings (SSSR count). The first kappa shape index (κ1) is 29.0. The van der Waals surface area contributed by atoms with Gasteiger partial charge in [-0.05, 0) is 41.8 Å². The van der Waals surface area contributed by atoms with Crippen LogP contribution in [0.15, 0.2) is 72.9 Å². The van der Waals surface area contributed by atoms with Gasteiger partial charge in [-0.25, -0.2) is 0 Å². The third-order valence-corrected chi connectivity index (χ3v) is 6.36. The highest BCUT2D eigenvalue weighted by Gasteiger charge is 2.30. The van der Waals surface area contributed by atoms with Crippen LogP contribution in [0.2, 0.25) is 0 Å². The van der Waals surface area contributed by atoms with E-state index in [0.717, 1.165) is 22.6 Å². The van der Waals surface area contributed by atoms with Crippen LogP contribution in [0.1, 0.15) is 44.0 Å². The molecule has 0 saturated heterocycles. The molecule has 3 aromatic rings. The lowest BCUT2D eigenvalue weighted by atomic mass is 9.94. The molecule has 0 unspecified atom stereocenters. The van der Waals surface area contributed by atoms with E-state index in [1.54, 1.807) is 19.1 Å². The fraction of sp³-hybridized carbons (Fsp3) is 0.419. The van der Waals surface area contributed by atoms with Crippen LogP contribution in [0, 0.1) is 5.41 Å². The molecule has 0 spiro atoms. The summed E-state index contributed by atoms with van der Waals surface area (Å²) in [4.78, 5) is 30.5. The van der Waals surface area contributed by atoms with E-state index >= 15 is 0 Å². The molecule has 0 N–H and O–H groups in total. The minimum absolute atomic E-state index is 0.0310.